The maximum atomic E-state index is 5.44. The van der Waals surface area contributed by atoms with E-state index >= 15 is 0 Å². The van der Waals surface area contributed by atoms with E-state index in [9.17, 15) is 0 Å². The first-order valence-electron chi connectivity index (χ1n) is 4.99. The number of hydrogen-bond acceptors (Lipinski definition) is 1. The number of ether oxygens (including phenoxy) is 1. The smallest absolute Gasteiger partial charge is 0.381 e. The van der Waals surface area contributed by atoms with E-state index in [1.165, 1.54) is 38.5 Å². The molecule has 0 atom stereocenters. The number of unbranched alkanes of at least 4 members (excludes halogenated alkanes) is 4. The molecule has 0 rings (SSSR count). The van der Waals surface area contributed by atoms with Gasteiger partial charge in [-0.2, -0.15) is 0 Å². The van der Waals surface area contributed by atoms with E-state index < -0.39 is 0 Å². The molecule has 0 aromatic carbocycles. The zero-order valence-electron chi connectivity index (χ0n) is 8.57. The summed E-state index contributed by atoms with van der Waals surface area (Å²) in [5, 5.41) is 0. The van der Waals surface area contributed by atoms with Crippen LogP contribution in [-0.4, -0.2) is 13.2 Å². The fourth-order valence-corrected chi connectivity index (χ4v) is 1.01. The Bertz CT molecular complexity index is 58.9. The number of rotatable bonds is 8. The molecule has 68 valence electrons. The van der Waals surface area contributed by atoms with Gasteiger partial charge >= 0.3 is 26.2 Å². The fourth-order valence-electron chi connectivity index (χ4n) is 1.01. The monoisotopic (exact) mass is 248 g/mol. The molecule has 0 spiro atoms. The van der Waals surface area contributed by atoms with E-state index in [2.05, 4.69) is 13.8 Å². The van der Waals surface area contributed by atoms with E-state index in [0.717, 1.165) is 13.2 Å². The molecule has 0 saturated heterocycles. The van der Waals surface area contributed by atoms with Crippen molar-refractivity contribution < 1.29 is 30.9 Å². The van der Waals surface area contributed by atoms with Gasteiger partial charge in [0.15, 0.2) is 0 Å². The van der Waals surface area contributed by atoms with Crippen molar-refractivity contribution in [2.75, 3.05) is 13.2 Å². The predicted octanol–water partition coefficient (Wildman–Crippen LogP) is 3.38. The van der Waals surface area contributed by atoms with Crippen LogP contribution in [0.15, 0.2) is 0 Å². The molecule has 1 nitrogen and oxygen atoms in total. The van der Waals surface area contributed by atoms with E-state index in [-0.39, 0.29) is 26.2 Å². The summed E-state index contributed by atoms with van der Waals surface area (Å²) in [6, 6.07) is 0. The molecule has 12 heavy (non-hydrogen) atoms. The molecule has 0 aliphatic carbocycles. The summed E-state index contributed by atoms with van der Waals surface area (Å²) in [6.07, 6.45) is 7.68. The molecular formula is C10H22OZr+4. The zero-order valence-corrected chi connectivity index (χ0v) is 11.0. The molecule has 0 fully saturated rings. The van der Waals surface area contributed by atoms with E-state index in [0.29, 0.717) is 0 Å². The maximum Gasteiger partial charge on any atom is 4.00 e. The third-order valence-electron chi connectivity index (χ3n) is 1.78. The van der Waals surface area contributed by atoms with Crippen LogP contribution in [0.4, 0.5) is 0 Å². The minimum Gasteiger partial charge on any atom is -0.381 e. The molecule has 0 saturated carbocycles. The van der Waals surface area contributed by atoms with Crippen molar-refractivity contribution in [1.29, 1.82) is 0 Å². The van der Waals surface area contributed by atoms with Crippen LogP contribution in [0.5, 0.6) is 0 Å². The van der Waals surface area contributed by atoms with Gasteiger partial charge in [0.1, 0.15) is 0 Å². The summed E-state index contributed by atoms with van der Waals surface area (Å²) >= 11 is 0. The van der Waals surface area contributed by atoms with Crippen molar-refractivity contribution in [3.8, 4) is 0 Å². The minimum atomic E-state index is 0. The Morgan fingerprint density at radius 3 is 1.50 bits per heavy atom. The van der Waals surface area contributed by atoms with Gasteiger partial charge in [0, 0.05) is 13.2 Å². The summed E-state index contributed by atoms with van der Waals surface area (Å²) in [5.41, 5.74) is 0. The molecule has 0 radical (unpaired) electrons. The summed E-state index contributed by atoms with van der Waals surface area (Å²) in [4.78, 5) is 0. The van der Waals surface area contributed by atoms with Crippen LogP contribution in [0.3, 0.4) is 0 Å². The van der Waals surface area contributed by atoms with Gasteiger partial charge in [-0.3, -0.25) is 0 Å². The Balaban J connectivity index is 0. The molecule has 0 heterocycles. The van der Waals surface area contributed by atoms with Crippen molar-refractivity contribution in [3.63, 3.8) is 0 Å². The fraction of sp³-hybridized carbons (Fsp3) is 1.00. The molecule has 0 aromatic heterocycles. The Labute approximate surface area is 96.4 Å². The van der Waals surface area contributed by atoms with E-state index in [1.807, 2.05) is 0 Å². The van der Waals surface area contributed by atoms with Crippen LogP contribution in [0, 0.1) is 0 Å². The van der Waals surface area contributed by atoms with Crippen LogP contribution in [0.25, 0.3) is 0 Å². The van der Waals surface area contributed by atoms with Gasteiger partial charge in [0.2, 0.25) is 0 Å². The molecule has 0 unspecified atom stereocenters. The van der Waals surface area contributed by atoms with Crippen molar-refractivity contribution >= 4 is 0 Å². The molecule has 0 aliphatic rings. The summed E-state index contributed by atoms with van der Waals surface area (Å²) < 4.78 is 5.44. The molecule has 0 amide bonds. The van der Waals surface area contributed by atoms with Crippen LogP contribution >= 0.6 is 0 Å². The number of hydrogen-bond donors (Lipinski definition) is 0. The molecular weight excluding hydrogens is 227 g/mol. The first-order chi connectivity index (χ1) is 5.41. The van der Waals surface area contributed by atoms with Crippen molar-refractivity contribution in [2.45, 2.75) is 52.4 Å². The summed E-state index contributed by atoms with van der Waals surface area (Å²) in [7, 11) is 0. The largest absolute Gasteiger partial charge is 4.00 e. The van der Waals surface area contributed by atoms with Crippen LogP contribution in [0.1, 0.15) is 52.4 Å². The third kappa shape index (κ3) is 13.4. The SMILES string of the molecule is CCCCCOCCCCC.[Zr+4]. The van der Waals surface area contributed by atoms with Gasteiger partial charge in [-0.15, -0.1) is 0 Å². The Kier molecular flexibility index (Phi) is 18.3. The average molecular weight is 250 g/mol. The summed E-state index contributed by atoms with van der Waals surface area (Å²) in [6.45, 7) is 6.38. The Hall–Kier alpha value is 0.843. The second-order valence-corrected chi connectivity index (χ2v) is 3.03. The minimum absolute atomic E-state index is 0. The van der Waals surface area contributed by atoms with E-state index in [1.54, 1.807) is 0 Å². The van der Waals surface area contributed by atoms with Crippen LogP contribution in [-0.2, 0) is 30.9 Å². The normalized spacial score (nSPS) is 9.50. The molecule has 0 N–H and O–H groups in total. The first-order valence-corrected chi connectivity index (χ1v) is 4.99. The zero-order chi connectivity index (χ0) is 8.36. The summed E-state index contributed by atoms with van der Waals surface area (Å²) in [5.74, 6) is 0. The molecule has 0 aromatic rings. The topological polar surface area (TPSA) is 9.23 Å². The van der Waals surface area contributed by atoms with Crippen LogP contribution < -0.4 is 0 Å². The van der Waals surface area contributed by atoms with Gasteiger partial charge in [-0.05, 0) is 12.8 Å². The Morgan fingerprint density at radius 1 is 0.750 bits per heavy atom. The van der Waals surface area contributed by atoms with E-state index in [4.69, 9.17) is 4.74 Å². The van der Waals surface area contributed by atoms with Crippen molar-refractivity contribution in [2.24, 2.45) is 0 Å². The van der Waals surface area contributed by atoms with Crippen molar-refractivity contribution in [3.05, 3.63) is 0 Å². The van der Waals surface area contributed by atoms with Gasteiger partial charge in [0.25, 0.3) is 0 Å². The average Bonchev–Trinajstić information content (AvgIpc) is 2.03. The predicted molar refractivity (Wildman–Crippen MR) is 49.9 cm³/mol. The van der Waals surface area contributed by atoms with Crippen LogP contribution in [0.2, 0.25) is 0 Å². The van der Waals surface area contributed by atoms with Gasteiger partial charge in [-0.25, -0.2) is 0 Å². The molecule has 2 heteroatoms. The molecule has 0 aliphatic heterocycles. The maximum absolute atomic E-state index is 5.44. The van der Waals surface area contributed by atoms with Gasteiger partial charge < -0.3 is 4.74 Å². The van der Waals surface area contributed by atoms with Crippen molar-refractivity contribution in [1.82, 2.24) is 0 Å². The molecule has 0 bridgehead atoms. The second kappa shape index (κ2) is 14.4. The van der Waals surface area contributed by atoms with Gasteiger partial charge in [-0.1, -0.05) is 39.5 Å². The second-order valence-electron chi connectivity index (χ2n) is 3.03. The standard InChI is InChI=1S/C10H22O.Zr/c1-3-5-7-9-11-10-8-6-4-2;/h3-10H2,1-2H3;/q;+4. The quantitative estimate of drug-likeness (QED) is 0.599. The van der Waals surface area contributed by atoms with Gasteiger partial charge in [0.05, 0.1) is 0 Å². The third-order valence-corrected chi connectivity index (χ3v) is 1.78. The first kappa shape index (κ1) is 15.3. The Morgan fingerprint density at radius 2 is 1.17 bits per heavy atom.